The van der Waals surface area contributed by atoms with Crippen molar-refractivity contribution in [3.63, 3.8) is 0 Å². The molecule has 0 saturated heterocycles. The van der Waals surface area contributed by atoms with E-state index in [4.69, 9.17) is 5.11 Å². The summed E-state index contributed by atoms with van der Waals surface area (Å²) < 4.78 is 38.3. The molecular weight excluding hydrogens is 263 g/mol. The van der Waals surface area contributed by atoms with Crippen molar-refractivity contribution in [2.75, 3.05) is 6.67 Å². The van der Waals surface area contributed by atoms with Crippen LogP contribution in [0.4, 0.5) is 13.2 Å². The lowest BCUT2D eigenvalue weighted by Crippen LogP contribution is -2.42. The Hall–Kier alpha value is -2.05. The van der Waals surface area contributed by atoms with Gasteiger partial charge in [-0.05, 0) is 30.2 Å². The fraction of sp³-hybridized carbons (Fsp3) is 0.333. The zero-order valence-electron chi connectivity index (χ0n) is 9.83. The molecule has 7 heteroatoms. The fourth-order valence-corrected chi connectivity index (χ4v) is 1.42. The predicted molar refractivity (Wildman–Crippen MR) is 60.2 cm³/mol. The minimum atomic E-state index is -1.62. The normalized spacial score (nSPS) is 11.9. The van der Waals surface area contributed by atoms with Gasteiger partial charge in [-0.15, -0.1) is 0 Å². The Bertz CT molecular complexity index is 479. The Kier molecular flexibility index (Phi) is 5.35. The van der Waals surface area contributed by atoms with E-state index in [0.29, 0.717) is 0 Å². The Morgan fingerprint density at radius 2 is 2.00 bits per heavy atom. The molecule has 2 N–H and O–H groups in total. The van der Waals surface area contributed by atoms with E-state index in [0.717, 1.165) is 18.2 Å². The number of benzene rings is 1. The summed E-state index contributed by atoms with van der Waals surface area (Å²) in [4.78, 5) is 21.8. The number of carbonyl (C=O) groups is 2. The first-order valence-corrected chi connectivity index (χ1v) is 5.46. The lowest BCUT2D eigenvalue weighted by atomic mass is 10.1. The van der Waals surface area contributed by atoms with E-state index in [1.54, 1.807) is 0 Å². The zero-order chi connectivity index (χ0) is 14.4. The Balaban J connectivity index is 2.54. The summed E-state index contributed by atoms with van der Waals surface area (Å²) >= 11 is 0. The third-order valence-corrected chi connectivity index (χ3v) is 2.42. The highest BCUT2D eigenvalue weighted by atomic mass is 19.1. The minimum Gasteiger partial charge on any atom is -0.480 e. The van der Waals surface area contributed by atoms with Gasteiger partial charge >= 0.3 is 5.97 Å². The smallest absolute Gasteiger partial charge is 0.328 e. The maximum absolute atomic E-state index is 13.2. The van der Waals surface area contributed by atoms with Gasteiger partial charge in [0.25, 0.3) is 0 Å². The predicted octanol–water partition coefficient (Wildman–Crippen LogP) is 1.44. The minimum absolute atomic E-state index is 0.00211. The summed E-state index contributed by atoms with van der Waals surface area (Å²) in [6, 6.07) is 1.21. The van der Waals surface area contributed by atoms with Crippen LogP contribution < -0.4 is 5.32 Å². The molecule has 1 aromatic carbocycles. The quantitative estimate of drug-likeness (QED) is 0.825. The van der Waals surface area contributed by atoms with Crippen molar-refractivity contribution in [1.82, 2.24) is 5.32 Å². The molecule has 0 aliphatic rings. The molecule has 0 aromatic heterocycles. The summed E-state index contributed by atoms with van der Waals surface area (Å²) in [5, 5.41) is 10.5. The Morgan fingerprint density at radius 1 is 1.32 bits per heavy atom. The largest absolute Gasteiger partial charge is 0.480 e. The van der Waals surface area contributed by atoms with E-state index in [9.17, 15) is 22.8 Å². The van der Waals surface area contributed by atoms with Crippen molar-refractivity contribution in [3.8, 4) is 0 Å². The molecule has 0 heterocycles. The SMILES string of the molecule is O=C(CCc1cc(F)ccc1F)NC(CF)C(=O)O. The number of hydrogen-bond acceptors (Lipinski definition) is 2. The summed E-state index contributed by atoms with van der Waals surface area (Å²) in [7, 11) is 0. The first-order chi connectivity index (χ1) is 8.93. The van der Waals surface area contributed by atoms with E-state index < -0.39 is 36.2 Å². The number of alkyl halides is 1. The molecule has 1 rings (SSSR count). The summed E-state index contributed by atoms with van der Waals surface area (Å²) in [6.07, 6.45) is -0.363. The number of carboxylic acids is 1. The molecule has 0 aliphatic heterocycles. The van der Waals surface area contributed by atoms with Gasteiger partial charge in [0, 0.05) is 6.42 Å². The zero-order valence-corrected chi connectivity index (χ0v) is 9.83. The van der Waals surface area contributed by atoms with Crippen LogP contribution in [0.25, 0.3) is 0 Å². The van der Waals surface area contributed by atoms with Crippen molar-refractivity contribution >= 4 is 11.9 Å². The highest BCUT2D eigenvalue weighted by molar-refractivity contribution is 5.83. The topological polar surface area (TPSA) is 66.4 Å². The second kappa shape index (κ2) is 6.77. The number of aliphatic carboxylic acids is 1. The maximum Gasteiger partial charge on any atom is 0.328 e. The molecule has 1 amide bonds. The van der Waals surface area contributed by atoms with Gasteiger partial charge in [0.15, 0.2) is 6.04 Å². The van der Waals surface area contributed by atoms with Crippen LogP contribution in [-0.4, -0.2) is 29.7 Å². The third-order valence-electron chi connectivity index (χ3n) is 2.42. The standard InChI is InChI=1S/C12H12F3NO3/c13-6-10(12(18)19)16-11(17)4-1-7-5-8(14)2-3-9(7)15/h2-3,5,10H,1,4,6H2,(H,16,17)(H,18,19). The van der Waals surface area contributed by atoms with E-state index in [-0.39, 0.29) is 18.4 Å². The van der Waals surface area contributed by atoms with Crippen molar-refractivity contribution in [2.45, 2.75) is 18.9 Å². The van der Waals surface area contributed by atoms with Gasteiger partial charge in [0.1, 0.15) is 18.3 Å². The van der Waals surface area contributed by atoms with E-state index in [1.165, 1.54) is 0 Å². The summed E-state index contributed by atoms with van der Waals surface area (Å²) in [5.74, 6) is -3.53. The van der Waals surface area contributed by atoms with Crippen molar-refractivity contribution in [2.24, 2.45) is 0 Å². The second-order valence-electron chi connectivity index (χ2n) is 3.85. The second-order valence-corrected chi connectivity index (χ2v) is 3.85. The van der Waals surface area contributed by atoms with Gasteiger partial charge in [-0.3, -0.25) is 4.79 Å². The van der Waals surface area contributed by atoms with Crippen LogP contribution in [0.5, 0.6) is 0 Å². The third kappa shape index (κ3) is 4.61. The molecule has 1 unspecified atom stereocenters. The van der Waals surface area contributed by atoms with Gasteiger partial charge in [0.05, 0.1) is 0 Å². The van der Waals surface area contributed by atoms with E-state index in [2.05, 4.69) is 0 Å². The van der Waals surface area contributed by atoms with Gasteiger partial charge in [-0.25, -0.2) is 18.0 Å². The summed E-state index contributed by atoms with van der Waals surface area (Å²) in [6.45, 7) is -1.24. The molecule has 1 atom stereocenters. The number of halogens is 3. The Labute approximate surface area is 107 Å². The van der Waals surface area contributed by atoms with Crippen LogP contribution in [0.15, 0.2) is 18.2 Å². The molecule has 0 bridgehead atoms. The molecule has 19 heavy (non-hydrogen) atoms. The van der Waals surface area contributed by atoms with Crippen LogP contribution in [0.3, 0.4) is 0 Å². The molecule has 0 radical (unpaired) electrons. The number of aryl methyl sites for hydroxylation is 1. The average molecular weight is 275 g/mol. The number of hydrogen-bond donors (Lipinski definition) is 2. The fourth-order valence-electron chi connectivity index (χ4n) is 1.42. The van der Waals surface area contributed by atoms with Gasteiger partial charge in [-0.1, -0.05) is 0 Å². The lowest BCUT2D eigenvalue weighted by molar-refractivity contribution is -0.142. The van der Waals surface area contributed by atoms with Crippen molar-refractivity contribution in [1.29, 1.82) is 0 Å². The molecule has 0 aliphatic carbocycles. The Morgan fingerprint density at radius 3 is 2.58 bits per heavy atom. The van der Waals surface area contributed by atoms with Gasteiger partial charge in [-0.2, -0.15) is 0 Å². The maximum atomic E-state index is 13.2. The molecule has 0 spiro atoms. The number of amides is 1. The molecule has 1 aromatic rings. The number of nitrogens with one attached hydrogen (secondary N) is 1. The van der Waals surface area contributed by atoms with Crippen molar-refractivity contribution < 1.29 is 27.9 Å². The van der Waals surface area contributed by atoms with Gasteiger partial charge < -0.3 is 10.4 Å². The molecule has 0 fully saturated rings. The van der Waals surface area contributed by atoms with Crippen LogP contribution in [0.2, 0.25) is 0 Å². The van der Waals surface area contributed by atoms with Gasteiger partial charge in [0.2, 0.25) is 5.91 Å². The van der Waals surface area contributed by atoms with Crippen LogP contribution in [0, 0.1) is 11.6 Å². The average Bonchev–Trinajstić information content (AvgIpc) is 2.36. The first kappa shape index (κ1) is 15.0. The lowest BCUT2D eigenvalue weighted by Gasteiger charge is -2.10. The highest BCUT2D eigenvalue weighted by Gasteiger charge is 2.19. The highest BCUT2D eigenvalue weighted by Crippen LogP contribution is 2.11. The van der Waals surface area contributed by atoms with Crippen LogP contribution in [-0.2, 0) is 16.0 Å². The van der Waals surface area contributed by atoms with E-state index >= 15 is 0 Å². The number of rotatable bonds is 6. The van der Waals surface area contributed by atoms with Crippen LogP contribution >= 0.6 is 0 Å². The number of carbonyl (C=O) groups excluding carboxylic acids is 1. The van der Waals surface area contributed by atoms with E-state index in [1.807, 2.05) is 5.32 Å². The molecular formula is C12H12F3NO3. The van der Waals surface area contributed by atoms with Crippen molar-refractivity contribution in [3.05, 3.63) is 35.4 Å². The van der Waals surface area contributed by atoms with Crippen LogP contribution in [0.1, 0.15) is 12.0 Å². The molecule has 0 saturated carbocycles. The monoisotopic (exact) mass is 275 g/mol. The molecule has 104 valence electrons. The number of carboxylic acid groups (broad SMARTS) is 1. The summed E-state index contributed by atoms with van der Waals surface area (Å²) in [5.41, 5.74) is 0.00211. The first-order valence-electron chi connectivity index (χ1n) is 5.46. The molecule has 4 nitrogen and oxygen atoms in total.